The van der Waals surface area contributed by atoms with Gasteiger partial charge in [-0.15, -0.1) is 0 Å². The van der Waals surface area contributed by atoms with Crippen molar-refractivity contribution in [2.24, 2.45) is 11.8 Å². The summed E-state index contributed by atoms with van der Waals surface area (Å²) in [5.41, 5.74) is -0.333. The molecule has 112 valence electrons. The van der Waals surface area contributed by atoms with E-state index in [2.05, 4.69) is 0 Å². The number of allylic oxidation sites excluding steroid dienone is 2. The van der Waals surface area contributed by atoms with Crippen LogP contribution >= 0.6 is 0 Å². The summed E-state index contributed by atoms with van der Waals surface area (Å²) in [6.45, 7) is 2.95. The highest BCUT2D eigenvalue weighted by Gasteiger charge is 2.34. The van der Waals surface area contributed by atoms with Gasteiger partial charge in [0, 0.05) is 6.42 Å². The van der Waals surface area contributed by atoms with Gasteiger partial charge in [0.1, 0.15) is 0 Å². The van der Waals surface area contributed by atoms with E-state index in [-0.39, 0.29) is 18.1 Å². The largest absolute Gasteiger partial charge is 0.481 e. The van der Waals surface area contributed by atoms with Crippen molar-refractivity contribution in [2.45, 2.75) is 38.7 Å². The van der Waals surface area contributed by atoms with Crippen molar-refractivity contribution in [3.8, 4) is 0 Å². The topological polar surface area (TPSA) is 94.8 Å². The molecule has 1 rings (SSSR count). The second kappa shape index (κ2) is 6.81. The molecule has 0 aromatic carbocycles. The van der Waals surface area contributed by atoms with Gasteiger partial charge in [-0.3, -0.25) is 9.59 Å². The molecule has 0 saturated heterocycles. The quantitative estimate of drug-likeness (QED) is 0.638. The molecule has 0 aromatic heterocycles. The highest BCUT2D eigenvalue weighted by molar-refractivity contribution is 5.95. The molecule has 0 aliphatic heterocycles. The maximum Gasteiger partial charge on any atom is 0.312 e. The third kappa shape index (κ3) is 4.28. The molecule has 0 amide bonds. The lowest BCUT2D eigenvalue weighted by molar-refractivity contribution is -0.141. The Morgan fingerprint density at radius 3 is 2.75 bits per heavy atom. The van der Waals surface area contributed by atoms with Crippen LogP contribution in [-0.2, 0) is 9.59 Å². The van der Waals surface area contributed by atoms with Crippen molar-refractivity contribution in [3.05, 3.63) is 23.8 Å². The number of ketones is 1. The summed E-state index contributed by atoms with van der Waals surface area (Å²) in [6.07, 6.45) is 5.98. The Morgan fingerprint density at radius 2 is 2.25 bits per heavy atom. The van der Waals surface area contributed by atoms with Crippen molar-refractivity contribution < 1.29 is 24.9 Å². The third-order valence-electron chi connectivity index (χ3n) is 3.87. The van der Waals surface area contributed by atoms with Crippen LogP contribution in [0.3, 0.4) is 0 Å². The standard InChI is InChI=1S/C15H22O5/c1-10-5-6-12(8-13(10)17)15(2,20)7-3-4-11(9-16)14(18)19/h3-5,11-12,16,20H,6-9H2,1-2H3,(H,18,19). The van der Waals surface area contributed by atoms with Gasteiger partial charge in [-0.25, -0.2) is 0 Å². The van der Waals surface area contributed by atoms with E-state index in [9.17, 15) is 14.7 Å². The Bertz CT molecular complexity index is 434. The van der Waals surface area contributed by atoms with E-state index in [4.69, 9.17) is 10.2 Å². The zero-order chi connectivity index (χ0) is 15.3. The van der Waals surface area contributed by atoms with Crippen LogP contribution in [0.1, 0.15) is 33.1 Å². The number of carbonyl (C=O) groups excluding carboxylic acids is 1. The lowest BCUT2D eigenvalue weighted by Gasteiger charge is -2.33. The van der Waals surface area contributed by atoms with E-state index in [0.717, 1.165) is 5.57 Å². The van der Waals surface area contributed by atoms with Crippen LogP contribution in [0.2, 0.25) is 0 Å². The fraction of sp³-hybridized carbons (Fsp3) is 0.600. The second-order valence-electron chi connectivity index (χ2n) is 5.56. The maximum absolute atomic E-state index is 11.7. The monoisotopic (exact) mass is 282 g/mol. The Labute approximate surface area is 118 Å². The number of aliphatic hydroxyl groups excluding tert-OH is 1. The lowest BCUT2D eigenvalue weighted by Crippen LogP contribution is -2.37. The molecule has 0 radical (unpaired) electrons. The van der Waals surface area contributed by atoms with Crippen LogP contribution < -0.4 is 0 Å². The van der Waals surface area contributed by atoms with Gasteiger partial charge in [-0.1, -0.05) is 18.2 Å². The average molecular weight is 282 g/mol. The minimum Gasteiger partial charge on any atom is -0.481 e. The SMILES string of the molecule is CC1=CCC(C(C)(O)CC=CC(CO)C(=O)O)CC1=O. The molecule has 0 heterocycles. The van der Waals surface area contributed by atoms with E-state index >= 15 is 0 Å². The second-order valence-corrected chi connectivity index (χ2v) is 5.56. The van der Waals surface area contributed by atoms with Gasteiger partial charge in [0.2, 0.25) is 0 Å². The van der Waals surface area contributed by atoms with Crippen LogP contribution in [0.5, 0.6) is 0 Å². The molecule has 3 unspecified atom stereocenters. The summed E-state index contributed by atoms with van der Waals surface area (Å²) in [5.74, 6) is -2.18. The predicted molar refractivity (Wildman–Crippen MR) is 74.1 cm³/mol. The molecule has 20 heavy (non-hydrogen) atoms. The van der Waals surface area contributed by atoms with Crippen molar-refractivity contribution in [1.82, 2.24) is 0 Å². The van der Waals surface area contributed by atoms with E-state index in [1.54, 1.807) is 19.9 Å². The smallest absolute Gasteiger partial charge is 0.312 e. The molecule has 0 bridgehead atoms. The van der Waals surface area contributed by atoms with Gasteiger partial charge in [-0.05, 0) is 38.2 Å². The van der Waals surface area contributed by atoms with Crippen molar-refractivity contribution in [1.29, 1.82) is 0 Å². The van der Waals surface area contributed by atoms with Crippen molar-refractivity contribution in [3.63, 3.8) is 0 Å². The molecule has 3 N–H and O–H groups in total. The van der Waals surface area contributed by atoms with Crippen LogP contribution in [-0.4, -0.2) is 39.3 Å². The van der Waals surface area contributed by atoms with E-state index in [0.29, 0.717) is 12.8 Å². The number of carboxylic acid groups (broad SMARTS) is 1. The molecule has 5 nitrogen and oxygen atoms in total. The molecule has 0 fully saturated rings. The third-order valence-corrected chi connectivity index (χ3v) is 3.87. The zero-order valence-corrected chi connectivity index (χ0v) is 11.9. The number of hydrogen-bond donors (Lipinski definition) is 3. The van der Waals surface area contributed by atoms with Gasteiger partial charge >= 0.3 is 5.97 Å². The summed E-state index contributed by atoms with van der Waals surface area (Å²) in [6, 6.07) is 0. The number of Topliss-reactive ketones (excluding diaryl/α,β-unsaturated/α-hetero) is 1. The van der Waals surface area contributed by atoms with E-state index < -0.39 is 24.1 Å². The highest BCUT2D eigenvalue weighted by Crippen LogP contribution is 2.32. The molecule has 5 heteroatoms. The number of rotatable bonds is 6. The van der Waals surface area contributed by atoms with Crippen LogP contribution in [0.15, 0.2) is 23.8 Å². The molecule has 0 aromatic rings. The number of carboxylic acids is 1. The molecular formula is C15H22O5. The summed E-state index contributed by atoms with van der Waals surface area (Å²) in [7, 11) is 0. The Kier molecular flexibility index (Phi) is 5.65. The number of aliphatic hydroxyl groups is 2. The summed E-state index contributed by atoms with van der Waals surface area (Å²) < 4.78 is 0. The van der Waals surface area contributed by atoms with E-state index in [1.807, 2.05) is 6.08 Å². The normalized spacial score (nSPS) is 24.3. The zero-order valence-electron chi connectivity index (χ0n) is 11.9. The number of hydrogen-bond acceptors (Lipinski definition) is 4. The highest BCUT2D eigenvalue weighted by atomic mass is 16.4. The maximum atomic E-state index is 11.7. The van der Waals surface area contributed by atoms with Gasteiger partial charge in [-0.2, -0.15) is 0 Å². The minimum atomic E-state index is -1.10. The van der Waals surface area contributed by atoms with Gasteiger partial charge < -0.3 is 15.3 Å². The molecule has 1 aliphatic carbocycles. The van der Waals surface area contributed by atoms with Gasteiger partial charge in [0.25, 0.3) is 0 Å². The minimum absolute atomic E-state index is 0.0456. The van der Waals surface area contributed by atoms with Gasteiger partial charge in [0.15, 0.2) is 5.78 Å². The van der Waals surface area contributed by atoms with Crippen LogP contribution in [0, 0.1) is 11.8 Å². The average Bonchev–Trinajstić information content (AvgIpc) is 2.37. The van der Waals surface area contributed by atoms with E-state index in [1.165, 1.54) is 6.08 Å². The summed E-state index contributed by atoms with van der Waals surface area (Å²) >= 11 is 0. The lowest BCUT2D eigenvalue weighted by atomic mass is 9.76. The van der Waals surface area contributed by atoms with Crippen molar-refractivity contribution >= 4 is 11.8 Å². The van der Waals surface area contributed by atoms with Crippen LogP contribution in [0.4, 0.5) is 0 Å². The molecule has 0 saturated carbocycles. The Hall–Kier alpha value is -1.46. The van der Waals surface area contributed by atoms with Gasteiger partial charge in [0.05, 0.1) is 18.1 Å². The van der Waals surface area contributed by atoms with Crippen molar-refractivity contribution in [2.75, 3.05) is 6.61 Å². The fourth-order valence-electron chi connectivity index (χ4n) is 2.23. The first kappa shape index (κ1) is 16.6. The first-order valence-electron chi connectivity index (χ1n) is 6.70. The molecule has 0 spiro atoms. The fourth-order valence-corrected chi connectivity index (χ4v) is 2.23. The number of carbonyl (C=O) groups is 2. The van der Waals surface area contributed by atoms with Crippen LogP contribution in [0.25, 0.3) is 0 Å². The molecular weight excluding hydrogens is 260 g/mol. The first-order valence-corrected chi connectivity index (χ1v) is 6.70. The Morgan fingerprint density at radius 1 is 1.60 bits per heavy atom. The molecule has 1 aliphatic rings. The predicted octanol–water partition coefficient (Wildman–Crippen LogP) is 1.30. The summed E-state index contributed by atoms with van der Waals surface area (Å²) in [4.78, 5) is 22.4. The summed E-state index contributed by atoms with van der Waals surface area (Å²) in [5, 5.41) is 28.1. The first-order chi connectivity index (χ1) is 9.27. The number of aliphatic carboxylic acids is 1. The molecule has 3 atom stereocenters. The Balaban J connectivity index is 2.64.